The zero-order valence-corrected chi connectivity index (χ0v) is 20.8. The van der Waals surface area contributed by atoms with E-state index in [9.17, 15) is 9.90 Å². The van der Waals surface area contributed by atoms with Crippen LogP contribution in [0, 0.1) is 6.92 Å². The lowest BCUT2D eigenvalue weighted by Gasteiger charge is -2.46. The SMILES string of the molecule is Cc1cc2c(cc1C1(O)CC3CCC(C1)N3C(=O)OC(C)(C)C)C(C)(C)CCC2(C)C. The summed E-state index contributed by atoms with van der Waals surface area (Å²) in [6.07, 6.45) is 5.17. The number of carbonyl (C=O) groups is 1. The predicted octanol–water partition coefficient (Wildman–Crippen LogP) is 6.09. The normalized spacial score (nSPS) is 31.3. The van der Waals surface area contributed by atoms with Crippen molar-refractivity contribution < 1.29 is 14.6 Å². The maximum atomic E-state index is 12.9. The minimum Gasteiger partial charge on any atom is -0.444 e. The topological polar surface area (TPSA) is 49.8 Å². The van der Waals surface area contributed by atoms with E-state index in [1.165, 1.54) is 23.1 Å². The van der Waals surface area contributed by atoms with Crippen molar-refractivity contribution in [2.75, 3.05) is 0 Å². The van der Waals surface area contributed by atoms with Gasteiger partial charge in [0.05, 0.1) is 5.60 Å². The Morgan fingerprint density at radius 3 is 1.94 bits per heavy atom. The number of aliphatic hydroxyl groups is 1. The number of carbonyl (C=O) groups excluding carboxylic acids is 1. The number of nitrogens with zero attached hydrogens (tertiary/aromatic N) is 1. The van der Waals surface area contributed by atoms with Gasteiger partial charge in [0.15, 0.2) is 0 Å². The summed E-state index contributed by atoms with van der Waals surface area (Å²) >= 11 is 0. The standard InChI is InChI=1S/C27H41NO3/c1-17-13-21-22(26(7,8)12-11-25(21,5)6)14-20(17)27(30)15-18-9-10-19(16-27)28(18)23(29)31-24(2,3)4/h13-14,18-19,30H,9-12,15-16H2,1-8H3. The van der Waals surface area contributed by atoms with E-state index in [0.29, 0.717) is 12.8 Å². The van der Waals surface area contributed by atoms with Crippen LogP contribution in [0.1, 0.15) is 109 Å². The van der Waals surface area contributed by atoms with Crippen molar-refractivity contribution in [2.24, 2.45) is 0 Å². The Labute approximate surface area is 188 Å². The zero-order valence-electron chi connectivity index (χ0n) is 20.8. The first-order valence-corrected chi connectivity index (χ1v) is 12.0. The third kappa shape index (κ3) is 3.90. The summed E-state index contributed by atoms with van der Waals surface area (Å²) in [6.45, 7) is 17.2. The Balaban J connectivity index is 1.68. The van der Waals surface area contributed by atoms with Gasteiger partial charge in [0, 0.05) is 24.9 Å². The van der Waals surface area contributed by atoms with Crippen LogP contribution in [-0.4, -0.2) is 33.8 Å². The lowest BCUT2D eigenvalue weighted by Crippen LogP contribution is -2.53. The average molecular weight is 428 g/mol. The monoisotopic (exact) mass is 427 g/mol. The van der Waals surface area contributed by atoms with E-state index in [0.717, 1.165) is 24.8 Å². The highest BCUT2D eigenvalue weighted by Crippen LogP contribution is 2.51. The molecule has 1 N–H and O–H groups in total. The van der Waals surface area contributed by atoms with Gasteiger partial charge in [0.25, 0.3) is 0 Å². The molecule has 4 nitrogen and oxygen atoms in total. The first-order valence-electron chi connectivity index (χ1n) is 12.0. The Morgan fingerprint density at radius 1 is 0.968 bits per heavy atom. The molecule has 0 spiro atoms. The van der Waals surface area contributed by atoms with Crippen molar-refractivity contribution in [2.45, 2.75) is 128 Å². The number of benzene rings is 1. The van der Waals surface area contributed by atoms with E-state index in [1.54, 1.807) is 0 Å². The molecular weight excluding hydrogens is 386 g/mol. The first kappa shape index (κ1) is 22.6. The molecule has 1 amide bonds. The highest BCUT2D eigenvalue weighted by Gasteiger charge is 2.52. The Kier molecular flexibility index (Phi) is 5.09. The molecule has 3 aliphatic rings. The van der Waals surface area contributed by atoms with Gasteiger partial charge < -0.3 is 14.7 Å². The molecule has 1 aromatic rings. The molecule has 0 saturated carbocycles. The largest absolute Gasteiger partial charge is 0.444 e. The number of amides is 1. The van der Waals surface area contributed by atoms with Crippen LogP contribution in [-0.2, 0) is 21.2 Å². The smallest absolute Gasteiger partial charge is 0.410 e. The summed E-state index contributed by atoms with van der Waals surface area (Å²) in [7, 11) is 0. The van der Waals surface area contributed by atoms with E-state index >= 15 is 0 Å². The molecule has 2 unspecified atom stereocenters. The van der Waals surface area contributed by atoms with Crippen LogP contribution in [0.4, 0.5) is 4.79 Å². The minimum absolute atomic E-state index is 0.0403. The van der Waals surface area contributed by atoms with Crippen molar-refractivity contribution in [3.8, 4) is 0 Å². The third-order valence-corrected chi connectivity index (χ3v) is 8.07. The molecule has 1 aromatic carbocycles. The van der Waals surface area contributed by atoms with Crippen LogP contribution in [0.25, 0.3) is 0 Å². The Hall–Kier alpha value is -1.55. The quantitative estimate of drug-likeness (QED) is 0.590. The molecule has 4 rings (SSSR count). The number of piperidine rings is 1. The fourth-order valence-corrected chi connectivity index (χ4v) is 6.28. The first-order chi connectivity index (χ1) is 14.1. The molecule has 2 saturated heterocycles. The summed E-state index contributed by atoms with van der Waals surface area (Å²) in [5.41, 5.74) is 3.95. The lowest BCUT2D eigenvalue weighted by molar-refractivity contribution is -0.0628. The van der Waals surface area contributed by atoms with Crippen molar-refractivity contribution >= 4 is 6.09 Å². The highest BCUT2D eigenvalue weighted by atomic mass is 16.6. The van der Waals surface area contributed by atoms with E-state index in [4.69, 9.17) is 4.74 Å². The predicted molar refractivity (Wildman–Crippen MR) is 124 cm³/mol. The minimum atomic E-state index is -0.888. The van der Waals surface area contributed by atoms with E-state index in [-0.39, 0.29) is 29.0 Å². The second-order valence-corrected chi connectivity index (χ2v) is 12.7. The van der Waals surface area contributed by atoms with E-state index < -0.39 is 11.2 Å². The van der Waals surface area contributed by atoms with Crippen molar-refractivity contribution in [3.05, 3.63) is 34.4 Å². The average Bonchev–Trinajstić information content (AvgIpc) is 2.90. The van der Waals surface area contributed by atoms with Crippen LogP contribution in [0.5, 0.6) is 0 Å². The molecule has 2 aliphatic heterocycles. The van der Waals surface area contributed by atoms with Gasteiger partial charge in [-0.1, -0.05) is 39.8 Å². The van der Waals surface area contributed by atoms with Gasteiger partial charge in [-0.25, -0.2) is 4.79 Å². The van der Waals surface area contributed by atoms with Gasteiger partial charge in [-0.2, -0.15) is 0 Å². The summed E-state index contributed by atoms with van der Waals surface area (Å²) in [5.74, 6) is 0. The van der Waals surface area contributed by atoms with Crippen LogP contribution < -0.4 is 0 Å². The Bertz CT molecular complexity index is 878. The zero-order chi connectivity index (χ0) is 23.0. The second kappa shape index (κ2) is 6.97. The van der Waals surface area contributed by atoms with Crippen molar-refractivity contribution in [1.29, 1.82) is 0 Å². The summed E-state index contributed by atoms with van der Waals surface area (Å²) < 4.78 is 5.69. The van der Waals surface area contributed by atoms with E-state index in [1.807, 2.05) is 25.7 Å². The number of fused-ring (bicyclic) bond motifs is 3. The second-order valence-electron chi connectivity index (χ2n) is 12.7. The third-order valence-electron chi connectivity index (χ3n) is 8.07. The molecule has 1 aliphatic carbocycles. The van der Waals surface area contributed by atoms with Gasteiger partial charge in [-0.05, 0) is 86.5 Å². The van der Waals surface area contributed by atoms with Gasteiger partial charge in [0.2, 0.25) is 0 Å². The fraction of sp³-hybridized carbons (Fsp3) is 0.741. The molecule has 2 heterocycles. The van der Waals surface area contributed by atoms with Crippen molar-refractivity contribution in [3.63, 3.8) is 0 Å². The summed E-state index contributed by atoms with van der Waals surface area (Å²) in [5, 5.41) is 12.0. The van der Waals surface area contributed by atoms with Gasteiger partial charge in [-0.3, -0.25) is 0 Å². The molecule has 2 atom stereocenters. The van der Waals surface area contributed by atoms with E-state index in [2.05, 4.69) is 46.8 Å². The molecule has 31 heavy (non-hydrogen) atoms. The lowest BCUT2D eigenvalue weighted by atomic mass is 9.61. The number of aryl methyl sites for hydroxylation is 1. The van der Waals surface area contributed by atoms with Crippen LogP contribution in [0.3, 0.4) is 0 Å². The molecular formula is C27H41NO3. The van der Waals surface area contributed by atoms with Crippen LogP contribution >= 0.6 is 0 Å². The maximum absolute atomic E-state index is 12.9. The molecule has 0 radical (unpaired) electrons. The number of ether oxygens (including phenoxy) is 1. The number of hydrogen-bond acceptors (Lipinski definition) is 3. The summed E-state index contributed by atoms with van der Waals surface area (Å²) in [4.78, 5) is 14.8. The number of rotatable bonds is 1. The molecule has 2 bridgehead atoms. The summed E-state index contributed by atoms with van der Waals surface area (Å²) in [6, 6.07) is 4.73. The van der Waals surface area contributed by atoms with Gasteiger partial charge in [0.1, 0.15) is 5.60 Å². The molecule has 2 fully saturated rings. The fourth-order valence-electron chi connectivity index (χ4n) is 6.28. The molecule has 0 aromatic heterocycles. The maximum Gasteiger partial charge on any atom is 0.410 e. The number of hydrogen-bond donors (Lipinski definition) is 1. The van der Waals surface area contributed by atoms with Crippen molar-refractivity contribution in [1.82, 2.24) is 4.90 Å². The molecule has 172 valence electrons. The van der Waals surface area contributed by atoms with Gasteiger partial charge >= 0.3 is 6.09 Å². The van der Waals surface area contributed by atoms with Crippen LogP contribution in [0.2, 0.25) is 0 Å². The van der Waals surface area contributed by atoms with Gasteiger partial charge in [-0.15, -0.1) is 0 Å². The van der Waals surface area contributed by atoms with Crippen LogP contribution in [0.15, 0.2) is 12.1 Å². The molecule has 4 heteroatoms. The highest BCUT2D eigenvalue weighted by molar-refractivity contribution is 5.70. The Morgan fingerprint density at radius 2 is 1.45 bits per heavy atom.